The van der Waals surface area contributed by atoms with Gasteiger partial charge < -0.3 is 4.74 Å². The van der Waals surface area contributed by atoms with Crippen molar-refractivity contribution in [2.24, 2.45) is 0 Å². The molecular weight excluding hydrogens is 374 g/mol. The summed E-state index contributed by atoms with van der Waals surface area (Å²) >= 11 is 7.52. The van der Waals surface area contributed by atoms with Gasteiger partial charge in [-0.3, -0.25) is 14.8 Å². The quantitative estimate of drug-likeness (QED) is 0.625. The molecule has 6 nitrogen and oxygen atoms in total. The predicted molar refractivity (Wildman–Crippen MR) is 101 cm³/mol. The molecule has 3 aromatic rings. The third-order valence-electron chi connectivity index (χ3n) is 3.57. The summed E-state index contributed by atoms with van der Waals surface area (Å²) in [6, 6.07) is 9.02. The molecule has 0 radical (unpaired) electrons. The number of thiophene rings is 1. The highest BCUT2D eigenvalue weighted by Crippen LogP contribution is 2.18. The minimum absolute atomic E-state index is 0.0385. The summed E-state index contributed by atoms with van der Waals surface area (Å²) in [4.78, 5) is 24.2. The number of rotatable bonds is 6. The van der Waals surface area contributed by atoms with Crippen molar-refractivity contribution in [3.8, 4) is 0 Å². The number of hydrogen-bond donors (Lipinski definition) is 1. The standard InChI is InChI=1S/C18H16ClN3O3S/c1-12(23)14-6-16(26-11-14)9-22-8-15(7-20-22)21-18(24)25-10-13-4-2-3-5-17(13)19/h2-8,11H,9-10H2,1H3,(H,21,24). The van der Waals surface area contributed by atoms with E-state index in [0.29, 0.717) is 22.8 Å². The number of benzene rings is 1. The van der Waals surface area contributed by atoms with Crippen molar-refractivity contribution < 1.29 is 14.3 Å². The molecule has 0 spiro atoms. The molecule has 0 fully saturated rings. The zero-order valence-electron chi connectivity index (χ0n) is 13.9. The average molecular weight is 390 g/mol. The third-order valence-corrected chi connectivity index (χ3v) is 4.86. The Balaban J connectivity index is 1.53. The smallest absolute Gasteiger partial charge is 0.412 e. The molecule has 3 rings (SSSR count). The van der Waals surface area contributed by atoms with Crippen LogP contribution in [0.3, 0.4) is 0 Å². The lowest BCUT2D eigenvalue weighted by atomic mass is 10.2. The Bertz CT molecular complexity index is 935. The maximum Gasteiger partial charge on any atom is 0.412 e. The highest BCUT2D eigenvalue weighted by Gasteiger charge is 2.09. The number of nitrogens with one attached hydrogen (secondary N) is 1. The predicted octanol–water partition coefficient (Wildman–Crippen LogP) is 4.60. The van der Waals surface area contributed by atoms with E-state index < -0.39 is 6.09 Å². The van der Waals surface area contributed by atoms with Crippen LogP contribution in [0, 0.1) is 0 Å². The van der Waals surface area contributed by atoms with Gasteiger partial charge in [0, 0.05) is 32.6 Å². The van der Waals surface area contributed by atoms with E-state index in [2.05, 4.69) is 10.4 Å². The first kappa shape index (κ1) is 18.2. The summed E-state index contributed by atoms with van der Waals surface area (Å²) in [5.41, 5.74) is 1.95. The second-order valence-corrected chi connectivity index (χ2v) is 6.98. The van der Waals surface area contributed by atoms with Gasteiger partial charge in [-0.25, -0.2) is 4.79 Å². The van der Waals surface area contributed by atoms with Gasteiger partial charge in [0.1, 0.15) is 6.61 Å². The normalized spacial score (nSPS) is 10.5. The monoisotopic (exact) mass is 389 g/mol. The van der Waals surface area contributed by atoms with Gasteiger partial charge >= 0.3 is 6.09 Å². The Kier molecular flexibility index (Phi) is 5.70. The van der Waals surface area contributed by atoms with E-state index in [-0.39, 0.29) is 12.4 Å². The van der Waals surface area contributed by atoms with Crippen LogP contribution < -0.4 is 5.32 Å². The number of Topliss-reactive ketones (excluding diaryl/α,β-unsaturated/α-hetero) is 1. The molecule has 1 amide bonds. The Morgan fingerprint density at radius 2 is 2.15 bits per heavy atom. The molecule has 0 aliphatic carbocycles. The van der Waals surface area contributed by atoms with E-state index in [4.69, 9.17) is 16.3 Å². The fourth-order valence-electron chi connectivity index (χ4n) is 2.24. The second kappa shape index (κ2) is 8.16. The van der Waals surface area contributed by atoms with Gasteiger partial charge in [-0.15, -0.1) is 11.3 Å². The zero-order valence-corrected chi connectivity index (χ0v) is 15.5. The molecule has 0 aliphatic rings. The lowest BCUT2D eigenvalue weighted by molar-refractivity contribution is 0.101. The largest absolute Gasteiger partial charge is 0.444 e. The van der Waals surface area contributed by atoms with Gasteiger partial charge in [0.15, 0.2) is 5.78 Å². The first-order chi connectivity index (χ1) is 12.5. The fraction of sp³-hybridized carbons (Fsp3) is 0.167. The molecule has 1 aromatic carbocycles. The van der Waals surface area contributed by atoms with Gasteiger partial charge in [0.05, 0.1) is 18.4 Å². The van der Waals surface area contributed by atoms with Crippen LogP contribution in [0.5, 0.6) is 0 Å². The number of amides is 1. The number of ketones is 1. The summed E-state index contributed by atoms with van der Waals surface area (Å²) in [7, 11) is 0. The number of aromatic nitrogens is 2. The highest BCUT2D eigenvalue weighted by molar-refractivity contribution is 7.10. The molecule has 2 heterocycles. The lowest BCUT2D eigenvalue weighted by Crippen LogP contribution is -2.13. The van der Waals surface area contributed by atoms with Gasteiger partial charge in [0.25, 0.3) is 0 Å². The summed E-state index contributed by atoms with van der Waals surface area (Å²) in [6.07, 6.45) is 2.65. The van der Waals surface area contributed by atoms with Crippen molar-refractivity contribution in [2.45, 2.75) is 20.1 Å². The van der Waals surface area contributed by atoms with Crippen molar-refractivity contribution in [3.05, 3.63) is 69.1 Å². The first-order valence-electron chi connectivity index (χ1n) is 7.79. The van der Waals surface area contributed by atoms with Crippen molar-refractivity contribution in [1.82, 2.24) is 9.78 Å². The van der Waals surface area contributed by atoms with Gasteiger partial charge in [-0.05, 0) is 19.1 Å². The van der Waals surface area contributed by atoms with Crippen LogP contribution >= 0.6 is 22.9 Å². The highest BCUT2D eigenvalue weighted by atomic mass is 35.5. The summed E-state index contributed by atoms with van der Waals surface area (Å²) in [6.45, 7) is 2.15. The van der Waals surface area contributed by atoms with Gasteiger partial charge in [-0.1, -0.05) is 29.8 Å². The summed E-state index contributed by atoms with van der Waals surface area (Å²) < 4.78 is 6.84. The molecule has 26 heavy (non-hydrogen) atoms. The average Bonchev–Trinajstić information content (AvgIpc) is 3.24. The van der Waals surface area contributed by atoms with Crippen LogP contribution in [0.25, 0.3) is 0 Å². The number of nitrogens with zero attached hydrogens (tertiary/aromatic N) is 2. The number of anilines is 1. The minimum atomic E-state index is -0.584. The number of ether oxygens (including phenoxy) is 1. The molecule has 2 aromatic heterocycles. The molecule has 0 unspecified atom stereocenters. The van der Waals surface area contributed by atoms with Crippen LogP contribution in [0.15, 0.2) is 48.1 Å². The molecule has 0 aliphatic heterocycles. The Labute approximate surface area is 159 Å². The molecule has 0 saturated carbocycles. The van der Waals surface area contributed by atoms with E-state index in [0.717, 1.165) is 10.4 Å². The van der Waals surface area contributed by atoms with Gasteiger partial charge in [-0.2, -0.15) is 5.10 Å². The van der Waals surface area contributed by atoms with Crippen LogP contribution in [0.4, 0.5) is 10.5 Å². The topological polar surface area (TPSA) is 73.2 Å². The van der Waals surface area contributed by atoms with E-state index in [1.807, 2.05) is 23.6 Å². The van der Waals surface area contributed by atoms with Crippen molar-refractivity contribution >= 4 is 40.5 Å². The van der Waals surface area contributed by atoms with E-state index in [9.17, 15) is 9.59 Å². The minimum Gasteiger partial charge on any atom is -0.444 e. The number of carbonyl (C=O) groups is 2. The number of carbonyl (C=O) groups excluding carboxylic acids is 2. The maximum absolute atomic E-state index is 11.9. The molecule has 0 atom stereocenters. The van der Waals surface area contributed by atoms with Crippen molar-refractivity contribution in [1.29, 1.82) is 0 Å². The molecule has 8 heteroatoms. The molecule has 1 N–H and O–H groups in total. The van der Waals surface area contributed by atoms with Crippen molar-refractivity contribution in [2.75, 3.05) is 5.32 Å². The van der Waals surface area contributed by atoms with E-state index >= 15 is 0 Å². The second-order valence-electron chi connectivity index (χ2n) is 5.58. The van der Waals surface area contributed by atoms with E-state index in [1.165, 1.54) is 24.5 Å². The van der Waals surface area contributed by atoms with Crippen LogP contribution in [0.2, 0.25) is 5.02 Å². The van der Waals surface area contributed by atoms with E-state index in [1.54, 1.807) is 23.0 Å². The Morgan fingerprint density at radius 3 is 2.88 bits per heavy atom. The Morgan fingerprint density at radius 1 is 1.35 bits per heavy atom. The third kappa shape index (κ3) is 4.71. The molecular formula is C18H16ClN3O3S. The van der Waals surface area contributed by atoms with Crippen molar-refractivity contribution in [3.63, 3.8) is 0 Å². The SMILES string of the molecule is CC(=O)c1csc(Cn2cc(NC(=O)OCc3ccccc3Cl)cn2)c1. The zero-order chi connectivity index (χ0) is 18.5. The van der Waals surface area contributed by atoms with Crippen LogP contribution in [0.1, 0.15) is 27.7 Å². The lowest BCUT2D eigenvalue weighted by Gasteiger charge is -2.06. The summed E-state index contributed by atoms with van der Waals surface area (Å²) in [5.74, 6) is 0.0385. The fourth-order valence-corrected chi connectivity index (χ4v) is 3.34. The summed E-state index contributed by atoms with van der Waals surface area (Å²) in [5, 5.41) is 9.20. The number of halogens is 1. The molecule has 0 bridgehead atoms. The Hall–Kier alpha value is -2.64. The maximum atomic E-state index is 11.9. The number of hydrogen-bond acceptors (Lipinski definition) is 5. The first-order valence-corrected chi connectivity index (χ1v) is 9.05. The van der Waals surface area contributed by atoms with Crippen LogP contribution in [-0.4, -0.2) is 21.7 Å². The van der Waals surface area contributed by atoms with Crippen LogP contribution in [-0.2, 0) is 17.9 Å². The molecule has 134 valence electrons. The van der Waals surface area contributed by atoms with Gasteiger partial charge in [0.2, 0.25) is 0 Å². The molecule has 0 saturated heterocycles.